The third-order valence-electron chi connectivity index (χ3n) is 6.38. The maximum Gasteiger partial charge on any atom is 0.344 e. The molecule has 0 bridgehead atoms. The molecule has 0 fully saturated rings. The Morgan fingerprint density at radius 3 is 1.36 bits per heavy atom. The molecule has 0 aliphatic heterocycles. The molecule has 0 aromatic heterocycles. The first kappa shape index (κ1) is 31.0. The molecule has 2 aromatic carbocycles. The summed E-state index contributed by atoms with van der Waals surface area (Å²) in [5.74, 6) is -0.287. The predicted molar refractivity (Wildman–Crippen MR) is 148 cm³/mol. The minimum atomic E-state index is -0.491. The van der Waals surface area contributed by atoms with E-state index in [1.54, 1.807) is 24.3 Å². The number of hydrogen-bond donors (Lipinski definition) is 0. The fourth-order valence-corrected chi connectivity index (χ4v) is 3.77. The number of benzene rings is 2. The minimum absolute atomic E-state index is 0.167. The van der Waals surface area contributed by atoms with Gasteiger partial charge in [-0.15, -0.1) is 0 Å². The number of ether oxygens (including phenoxy) is 4. The summed E-state index contributed by atoms with van der Waals surface area (Å²) >= 11 is 0. The van der Waals surface area contributed by atoms with Gasteiger partial charge in [-0.2, -0.15) is 0 Å². The highest BCUT2D eigenvalue weighted by Crippen LogP contribution is 2.26. The van der Waals surface area contributed by atoms with Crippen LogP contribution in [0.25, 0.3) is 0 Å². The molecule has 0 aliphatic carbocycles. The Hall–Kier alpha value is -4.20. The molecule has 0 aliphatic rings. The smallest absolute Gasteiger partial charge is 0.344 e. The molecule has 0 N–H and O–H groups in total. The Bertz CT molecular complexity index is 1150. The Balaban J connectivity index is 1.61. The molecule has 8 nitrogen and oxygen atoms in total. The summed E-state index contributed by atoms with van der Waals surface area (Å²) in [5, 5.41) is 0. The number of ketones is 2. The summed E-state index contributed by atoms with van der Waals surface area (Å²) in [7, 11) is 0. The number of hydrogen-bond acceptors (Lipinski definition) is 8. The molecular weight excluding hydrogens is 500 g/mol. The van der Waals surface area contributed by atoms with E-state index >= 15 is 0 Å². The van der Waals surface area contributed by atoms with Crippen molar-refractivity contribution in [2.45, 2.75) is 47.0 Å². The molecule has 2 rings (SSSR count). The van der Waals surface area contributed by atoms with Gasteiger partial charge < -0.3 is 18.9 Å². The van der Waals surface area contributed by atoms with E-state index in [2.05, 4.69) is 13.2 Å². The number of carbonyl (C=O) groups excluding carboxylic acids is 4. The summed E-state index contributed by atoms with van der Waals surface area (Å²) in [5.41, 5.74) is 4.21. The molecule has 0 amide bonds. The number of rotatable bonds is 16. The van der Waals surface area contributed by atoms with Crippen LogP contribution in [0.15, 0.2) is 49.6 Å². The lowest BCUT2D eigenvalue weighted by atomic mass is 9.99. The number of allylic oxidation sites excluding steroid dienone is 2. The van der Waals surface area contributed by atoms with Crippen molar-refractivity contribution in [2.75, 3.05) is 26.4 Å². The van der Waals surface area contributed by atoms with E-state index in [9.17, 15) is 19.2 Å². The van der Waals surface area contributed by atoms with Crippen molar-refractivity contribution in [3.8, 4) is 11.5 Å². The van der Waals surface area contributed by atoms with E-state index in [1.165, 1.54) is 12.2 Å². The van der Waals surface area contributed by atoms with Gasteiger partial charge in [0.2, 0.25) is 0 Å². The van der Waals surface area contributed by atoms with Gasteiger partial charge in [0, 0.05) is 11.1 Å². The van der Waals surface area contributed by atoms with Gasteiger partial charge in [0.05, 0.1) is 13.2 Å². The summed E-state index contributed by atoms with van der Waals surface area (Å²) < 4.78 is 21.5. The van der Waals surface area contributed by atoms with E-state index in [4.69, 9.17) is 18.9 Å². The minimum Gasteiger partial charge on any atom is -0.482 e. The van der Waals surface area contributed by atoms with Gasteiger partial charge in [-0.3, -0.25) is 9.59 Å². The molecular formula is C31H36O8. The Kier molecular flexibility index (Phi) is 12.1. The van der Waals surface area contributed by atoms with E-state index in [0.717, 1.165) is 22.3 Å². The quantitative estimate of drug-likeness (QED) is 0.122. The van der Waals surface area contributed by atoms with E-state index in [0.29, 0.717) is 41.9 Å². The normalized spacial score (nSPS) is 10.4. The fraction of sp³-hybridized carbons (Fsp3) is 0.355. The lowest BCUT2D eigenvalue weighted by molar-refractivity contribution is -0.146. The fourth-order valence-electron chi connectivity index (χ4n) is 3.77. The second-order valence-corrected chi connectivity index (χ2v) is 8.94. The molecule has 208 valence electrons. The molecule has 0 spiro atoms. The molecule has 2 aromatic rings. The van der Waals surface area contributed by atoms with Crippen molar-refractivity contribution >= 4 is 23.5 Å². The summed E-state index contributed by atoms with van der Waals surface area (Å²) in [6.07, 6.45) is 4.46. The maximum atomic E-state index is 12.0. The molecule has 8 heteroatoms. The number of carbonyl (C=O) groups is 4. The molecule has 0 saturated carbocycles. The largest absolute Gasteiger partial charge is 0.482 e. The monoisotopic (exact) mass is 536 g/mol. The second-order valence-electron chi connectivity index (χ2n) is 8.94. The lowest BCUT2D eigenvalue weighted by Gasteiger charge is -2.13. The van der Waals surface area contributed by atoms with Crippen LogP contribution in [-0.4, -0.2) is 49.9 Å². The van der Waals surface area contributed by atoms with Crippen molar-refractivity contribution in [1.82, 2.24) is 0 Å². The van der Waals surface area contributed by atoms with E-state index in [1.807, 2.05) is 27.7 Å². The average molecular weight is 537 g/mol. The van der Waals surface area contributed by atoms with Crippen molar-refractivity contribution in [3.05, 3.63) is 83.0 Å². The zero-order valence-electron chi connectivity index (χ0n) is 23.1. The molecule has 39 heavy (non-hydrogen) atoms. The van der Waals surface area contributed by atoms with Crippen LogP contribution in [-0.2, 0) is 19.1 Å². The van der Waals surface area contributed by atoms with Crippen molar-refractivity contribution in [3.63, 3.8) is 0 Å². The third-order valence-corrected chi connectivity index (χ3v) is 6.38. The Morgan fingerprint density at radius 1 is 0.615 bits per heavy atom. The van der Waals surface area contributed by atoms with E-state index in [-0.39, 0.29) is 38.0 Å². The zero-order valence-corrected chi connectivity index (χ0v) is 23.1. The van der Waals surface area contributed by atoms with Gasteiger partial charge in [0.25, 0.3) is 0 Å². The van der Waals surface area contributed by atoms with Crippen molar-refractivity contribution in [2.24, 2.45) is 0 Å². The SMILES string of the molecule is C=CC(=O)c1ccc(OCC(=O)OCCCCCOC(=O)COc2ccc(C(=O)C=C)c(C)c2C)c(C)c1C. The van der Waals surface area contributed by atoms with Crippen molar-refractivity contribution < 1.29 is 38.1 Å². The van der Waals surface area contributed by atoms with Crippen LogP contribution in [0.3, 0.4) is 0 Å². The van der Waals surface area contributed by atoms with Crippen LogP contribution in [0.1, 0.15) is 62.2 Å². The van der Waals surface area contributed by atoms with Gasteiger partial charge in [-0.05, 0) is 106 Å². The third kappa shape index (κ3) is 8.95. The summed E-state index contributed by atoms with van der Waals surface area (Å²) in [6, 6.07) is 6.61. The second kappa shape index (κ2) is 15.3. The molecule has 0 saturated heterocycles. The van der Waals surface area contributed by atoms with Crippen LogP contribution >= 0.6 is 0 Å². The summed E-state index contributed by atoms with van der Waals surface area (Å²) in [4.78, 5) is 47.7. The highest BCUT2D eigenvalue weighted by Gasteiger charge is 2.14. The first-order valence-corrected chi connectivity index (χ1v) is 12.7. The number of unbranched alkanes of at least 4 members (excludes halogenated alkanes) is 2. The topological polar surface area (TPSA) is 105 Å². The van der Waals surface area contributed by atoms with Gasteiger partial charge in [0.15, 0.2) is 24.8 Å². The predicted octanol–water partition coefficient (Wildman–Crippen LogP) is 5.37. The van der Waals surface area contributed by atoms with Crippen LogP contribution in [0.4, 0.5) is 0 Å². The highest BCUT2D eigenvalue weighted by molar-refractivity contribution is 6.06. The first-order valence-electron chi connectivity index (χ1n) is 12.7. The zero-order chi connectivity index (χ0) is 28.9. The van der Waals surface area contributed by atoms with Crippen LogP contribution in [0.5, 0.6) is 11.5 Å². The standard InChI is InChI=1S/C31H36O8/c1-7-26(32)24-12-14-28(22(5)20(24)3)38-18-30(34)36-16-10-9-11-17-37-31(35)19-39-29-15-13-25(27(33)8-2)21(4)23(29)6/h7-8,12-15H,1-2,9-11,16-19H2,3-6H3. The van der Waals surface area contributed by atoms with Crippen LogP contribution < -0.4 is 9.47 Å². The van der Waals surface area contributed by atoms with Gasteiger partial charge in [-0.1, -0.05) is 13.2 Å². The lowest BCUT2D eigenvalue weighted by Crippen LogP contribution is -2.17. The van der Waals surface area contributed by atoms with Gasteiger partial charge in [-0.25, -0.2) is 9.59 Å². The average Bonchev–Trinajstić information content (AvgIpc) is 2.93. The molecule has 0 radical (unpaired) electrons. The van der Waals surface area contributed by atoms with Crippen LogP contribution in [0, 0.1) is 27.7 Å². The molecule has 0 atom stereocenters. The maximum absolute atomic E-state index is 12.0. The molecule has 0 heterocycles. The van der Waals surface area contributed by atoms with Gasteiger partial charge >= 0.3 is 11.9 Å². The number of esters is 2. The highest BCUT2D eigenvalue weighted by atomic mass is 16.6. The molecule has 0 unspecified atom stereocenters. The van der Waals surface area contributed by atoms with Crippen molar-refractivity contribution in [1.29, 1.82) is 0 Å². The Labute approximate surface area is 229 Å². The first-order chi connectivity index (χ1) is 18.6. The van der Waals surface area contributed by atoms with Crippen LogP contribution in [0.2, 0.25) is 0 Å². The van der Waals surface area contributed by atoms with Gasteiger partial charge in [0.1, 0.15) is 11.5 Å². The van der Waals surface area contributed by atoms with E-state index < -0.39 is 11.9 Å². The Morgan fingerprint density at radius 2 is 1.00 bits per heavy atom. The summed E-state index contributed by atoms with van der Waals surface area (Å²) in [6.45, 7) is 14.3.